The molecule has 0 saturated carbocycles. The molecule has 0 spiro atoms. The van der Waals surface area contributed by atoms with Crippen molar-refractivity contribution in [1.29, 1.82) is 0 Å². The third-order valence-corrected chi connectivity index (χ3v) is 7.10. The first-order chi connectivity index (χ1) is 13.1. The molecule has 27 heavy (non-hydrogen) atoms. The van der Waals surface area contributed by atoms with Gasteiger partial charge in [0.2, 0.25) is 0 Å². The second kappa shape index (κ2) is 7.34. The Labute approximate surface area is 163 Å². The summed E-state index contributed by atoms with van der Waals surface area (Å²) in [4.78, 5) is 17.1. The number of hydrogen-bond donors (Lipinski definition) is 2. The van der Waals surface area contributed by atoms with Crippen molar-refractivity contribution >= 4 is 11.7 Å². The molecule has 1 saturated heterocycles. The van der Waals surface area contributed by atoms with Gasteiger partial charge in [-0.15, -0.1) is 0 Å². The minimum atomic E-state index is 0.0850. The van der Waals surface area contributed by atoms with Gasteiger partial charge in [-0.1, -0.05) is 19.1 Å². The number of rotatable bonds is 4. The van der Waals surface area contributed by atoms with E-state index in [0.717, 1.165) is 32.6 Å². The van der Waals surface area contributed by atoms with Gasteiger partial charge in [0.1, 0.15) is 0 Å². The van der Waals surface area contributed by atoms with Gasteiger partial charge in [0, 0.05) is 55.3 Å². The van der Waals surface area contributed by atoms with Crippen LogP contribution in [0.5, 0.6) is 0 Å². The molecular weight excluding hydrogens is 336 g/mol. The minimum absolute atomic E-state index is 0.0850. The lowest BCUT2D eigenvalue weighted by Gasteiger charge is -2.49. The summed E-state index contributed by atoms with van der Waals surface area (Å²) in [6.45, 7) is 12.2. The van der Waals surface area contributed by atoms with Crippen LogP contribution in [-0.2, 0) is 0 Å². The highest BCUT2D eigenvalue weighted by Crippen LogP contribution is 2.52. The fourth-order valence-corrected chi connectivity index (χ4v) is 5.73. The number of fused-ring (bicyclic) bond motifs is 2. The molecule has 3 unspecified atom stereocenters. The zero-order chi connectivity index (χ0) is 19.1. The number of amides is 2. The van der Waals surface area contributed by atoms with E-state index < -0.39 is 0 Å². The molecule has 2 N–H and O–H groups in total. The van der Waals surface area contributed by atoms with Gasteiger partial charge < -0.3 is 15.5 Å². The first-order valence-electron chi connectivity index (χ1n) is 10.8. The molecule has 2 amide bonds. The molecule has 3 aliphatic rings. The first kappa shape index (κ1) is 18.6. The number of nitrogens with one attached hydrogen (secondary N) is 2. The highest BCUT2D eigenvalue weighted by molar-refractivity contribution is 5.74. The molecule has 0 radical (unpaired) electrons. The van der Waals surface area contributed by atoms with E-state index in [0.29, 0.717) is 23.9 Å². The highest BCUT2D eigenvalue weighted by atomic mass is 16.2. The normalized spacial score (nSPS) is 31.6. The van der Waals surface area contributed by atoms with Crippen molar-refractivity contribution < 1.29 is 4.79 Å². The van der Waals surface area contributed by atoms with Crippen LogP contribution in [0, 0.1) is 0 Å². The lowest BCUT2D eigenvalue weighted by molar-refractivity contribution is 0.0868. The molecule has 0 bridgehead atoms. The second-order valence-corrected chi connectivity index (χ2v) is 8.40. The molecule has 2 aliphatic heterocycles. The maximum atomic E-state index is 12.6. The number of hydrogen-bond acceptors (Lipinski definition) is 3. The van der Waals surface area contributed by atoms with Crippen LogP contribution in [0.4, 0.5) is 10.5 Å². The molecule has 2 heterocycles. The molecule has 5 heteroatoms. The average molecular weight is 371 g/mol. The quantitative estimate of drug-likeness (QED) is 0.852. The van der Waals surface area contributed by atoms with Crippen LogP contribution in [0.3, 0.4) is 0 Å². The Bertz CT molecular complexity index is 702. The predicted octanol–water partition coefficient (Wildman–Crippen LogP) is 3.59. The number of anilines is 1. The summed E-state index contributed by atoms with van der Waals surface area (Å²) in [5, 5.41) is 7.03. The molecule has 1 aromatic carbocycles. The van der Waals surface area contributed by atoms with Gasteiger partial charge in [0.25, 0.3) is 0 Å². The van der Waals surface area contributed by atoms with Crippen molar-refractivity contribution in [3.8, 4) is 0 Å². The summed E-state index contributed by atoms with van der Waals surface area (Å²) >= 11 is 0. The summed E-state index contributed by atoms with van der Waals surface area (Å²) < 4.78 is 0. The Hall–Kier alpha value is -1.75. The molecule has 5 nitrogen and oxygen atoms in total. The van der Waals surface area contributed by atoms with Crippen molar-refractivity contribution in [2.75, 3.05) is 31.5 Å². The van der Waals surface area contributed by atoms with Crippen molar-refractivity contribution in [1.82, 2.24) is 15.1 Å². The number of likely N-dealkylation sites (N-methyl/N-ethyl adjacent to an activating group) is 1. The standard InChI is InChI=1S/C22H34N4O/c1-5-25(6-2)22(27)24-15-11-18-16-9-8-10-19-21(16)17(14(4)23-19)12-20(18)26(7-3)13-15/h8-10,14-15,17-18,20,23H,5-7,11-13H2,1-4H3,(H,24,27)/t14?,15-,17?,18?,20+/m0/s1. The predicted molar refractivity (Wildman–Crippen MR) is 111 cm³/mol. The number of likely N-dealkylation sites (tertiary alicyclic amines) is 1. The fraction of sp³-hybridized carbons (Fsp3) is 0.682. The van der Waals surface area contributed by atoms with E-state index in [-0.39, 0.29) is 12.1 Å². The Morgan fingerprint density at radius 3 is 2.70 bits per heavy atom. The monoisotopic (exact) mass is 370 g/mol. The van der Waals surface area contributed by atoms with Gasteiger partial charge in [-0.3, -0.25) is 4.90 Å². The zero-order valence-electron chi connectivity index (χ0n) is 17.2. The Kier molecular flexibility index (Phi) is 5.06. The van der Waals surface area contributed by atoms with Crippen LogP contribution in [-0.4, -0.2) is 60.1 Å². The summed E-state index contributed by atoms with van der Waals surface area (Å²) in [5.74, 6) is 1.13. The SMILES string of the molecule is CCN(CC)C(=O)N[C@H]1CC2c3cccc4c3C(C[C@H]2N(CC)C1)C(C)N4. The highest BCUT2D eigenvalue weighted by Gasteiger charge is 2.46. The Morgan fingerprint density at radius 2 is 2.00 bits per heavy atom. The van der Waals surface area contributed by atoms with E-state index in [1.807, 2.05) is 18.7 Å². The van der Waals surface area contributed by atoms with E-state index in [2.05, 4.69) is 47.6 Å². The Balaban J connectivity index is 1.60. The maximum absolute atomic E-state index is 12.6. The summed E-state index contributed by atoms with van der Waals surface area (Å²) in [7, 11) is 0. The van der Waals surface area contributed by atoms with Crippen LogP contribution < -0.4 is 10.6 Å². The van der Waals surface area contributed by atoms with E-state index in [1.165, 1.54) is 17.7 Å². The van der Waals surface area contributed by atoms with Gasteiger partial charge in [0.05, 0.1) is 0 Å². The molecule has 4 rings (SSSR count). The first-order valence-corrected chi connectivity index (χ1v) is 10.8. The smallest absolute Gasteiger partial charge is 0.317 e. The Morgan fingerprint density at radius 1 is 1.22 bits per heavy atom. The average Bonchev–Trinajstić information content (AvgIpc) is 2.99. The number of carbonyl (C=O) groups excluding carboxylic acids is 1. The van der Waals surface area contributed by atoms with Gasteiger partial charge >= 0.3 is 6.03 Å². The second-order valence-electron chi connectivity index (χ2n) is 8.40. The number of nitrogens with zero attached hydrogens (tertiary/aromatic N) is 2. The maximum Gasteiger partial charge on any atom is 0.317 e. The third-order valence-electron chi connectivity index (χ3n) is 7.10. The van der Waals surface area contributed by atoms with Gasteiger partial charge in [-0.25, -0.2) is 4.79 Å². The third kappa shape index (κ3) is 3.10. The lowest BCUT2D eigenvalue weighted by Crippen LogP contribution is -2.57. The van der Waals surface area contributed by atoms with E-state index in [9.17, 15) is 4.79 Å². The number of benzene rings is 1. The van der Waals surface area contributed by atoms with E-state index >= 15 is 0 Å². The van der Waals surface area contributed by atoms with Crippen molar-refractivity contribution in [2.45, 2.75) is 70.5 Å². The lowest BCUT2D eigenvalue weighted by atomic mass is 9.68. The van der Waals surface area contributed by atoms with Crippen LogP contribution in [0.1, 0.15) is 63.5 Å². The number of carbonyl (C=O) groups is 1. The van der Waals surface area contributed by atoms with Gasteiger partial charge in [0.15, 0.2) is 0 Å². The summed E-state index contributed by atoms with van der Waals surface area (Å²) in [5.41, 5.74) is 4.41. The van der Waals surface area contributed by atoms with Crippen molar-refractivity contribution in [3.05, 3.63) is 29.3 Å². The van der Waals surface area contributed by atoms with Gasteiger partial charge in [-0.05, 0) is 57.4 Å². The summed E-state index contributed by atoms with van der Waals surface area (Å²) in [6, 6.07) is 8.18. The van der Waals surface area contributed by atoms with Crippen molar-refractivity contribution in [2.24, 2.45) is 0 Å². The van der Waals surface area contributed by atoms with Crippen LogP contribution in [0.25, 0.3) is 0 Å². The molecule has 148 valence electrons. The molecule has 5 atom stereocenters. The molecule has 1 aliphatic carbocycles. The molecule has 1 aromatic rings. The largest absolute Gasteiger partial charge is 0.382 e. The van der Waals surface area contributed by atoms with Crippen LogP contribution in [0.15, 0.2) is 18.2 Å². The number of urea groups is 1. The summed E-state index contributed by atoms with van der Waals surface area (Å²) in [6.07, 6.45) is 2.28. The fourth-order valence-electron chi connectivity index (χ4n) is 5.73. The van der Waals surface area contributed by atoms with Crippen LogP contribution in [0.2, 0.25) is 0 Å². The molecule has 0 aromatic heterocycles. The van der Waals surface area contributed by atoms with Gasteiger partial charge in [-0.2, -0.15) is 0 Å². The van der Waals surface area contributed by atoms with Crippen LogP contribution >= 0.6 is 0 Å². The minimum Gasteiger partial charge on any atom is -0.382 e. The molecular formula is C22H34N4O. The molecule has 1 fully saturated rings. The van der Waals surface area contributed by atoms with Crippen molar-refractivity contribution in [3.63, 3.8) is 0 Å². The van der Waals surface area contributed by atoms with E-state index in [1.54, 1.807) is 5.56 Å². The van der Waals surface area contributed by atoms with E-state index in [4.69, 9.17) is 0 Å². The zero-order valence-corrected chi connectivity index (χ0v) is 17.2. The topological polar surface area (TPSA) is 47.6 Å². The number of piperidine rings is 1.